The SMILES string of the molecule is Cc1c(Br)c([N+](=O)[O-])nn1CC(=O)Nc1cnn(COc2cccc(Cl)c2)c1. The van der Waals surface area contributed by atoms with Crippen molar-refractivity contribution < 1.29 is 14.5 Å². The Hall–Kier alpha value is -2.92. The van der Waals surface area contributed by atoms with Crippen LogP contribution in [0.15, 0.2) is 41.1 Å². The number of hydrogen-bond acceptors (Lipinski definition) is 6. The predicted octanol–water partition coefficient (Wildman–Crippen LogP) is 3.39. The molecule has 10 nitrogen and oxygen atoms in total. The van der Waals surface area contributed by atoms with E-state index in [4.69, 9.17) is 16.3 Å². The van der Waals surface area contributed by atoms with Gasteiger partial charge in [-0.05, 0) is 46.0 Å². The van der Waals surface area contributed by atoms with Crippen molar-refractivity contribution in [3.63, 3.8) is 0 Å². The van der Waals surface area contributed by atoms with Crippen LogP contribution in [0, 0.1) is 17.0 Å². The second-order valence-corrected chi connectivity index (χ2v) is 6.91. The minimum atomic E-state index is -0.616. The molecule has 3 aromatic rings. The van der Waals surface area contributed by atoms with Gasteiger partial charge in [-0.1, -0.05) is 17.7 Å². The standard InChI is InChI=1S/C16H14BrClN6O4/c1-10-15(17)16(24(26)27)21-23(10)8-14(25)20-12-6-19-22(7-12)9-28-13-4-2-3-11(18)5-13/h2-7H,8-9H2,1H3,(H,20,25). The van der Waals surface area contributed by atoms with Crippen molar-refractivity contribution in [3.05, 3.63) is 62.0 Å². The summed E-state index contributed by atoms with van der Waals surface area (Å²) in [4.78, 5) is 22.5. The zero-order valence-corrected chi connectivity index (χ0v) is 16.8. The number of hydrogen-bond donors (Lipinski definition) is 1. The highest BCUT2D eigenvalue weighted by Crippen LogP contribution is 2.26. The minimum absolute atomic E-state index is 0.133. The number of aromatic nitrogens is 4. The highest BCUT2D eigenvalue weighted by molar-refractivity contribution is 9.10. The Kier molecular flexibility index (Phi) is 5.95. The van der Waals surface area contributed by atoms with Crippen molar-refractivity contribution in [2.45, 2.75) is 20.2 Å². The number of nitro groups is 1. The van der Waals surface area contributed by atoms with Gasteiger partial charge in [0.05, 0.1) is 28.9 Å². The van der Waals surface area contributed by atoms with Gasteiger partial charge in [0, 0.05) is 5.02 Å². The second-order valence-electron chi connectivity index (χ2n) is 5.69. The Labute approximate surface area is 172 Å². The number of carbonyl (C=O) groups excluding carboxylic acids is 1. The maximum absolute atomic E-state index is 12.2. The lowest BCUT2D eigenvalue weighted by Gasteiger charge is -2.06. The normalized spacial score (nSPS) is 10.7. The van der Waals surface area contributed by atoms with Crippen LogP contribution in [0.3, 0.4) is 0 Å². The summed E-state index contributed by atoms with van der Waals surface area (Å²) in [5.74, 6) is -0.144. The van der Waals surface area contributed by atoms with Gasteiger partial charge in [0.2, 0.25) is 5.91 Å². The van der Waals surface area contributed by atoms with E-state index >= 15 is 0 Å². The fourth-order valence-corrected chi connectivity index (χ4v) is 2.92. The van der Waals surface area contributed by atoms with E-state index in [-0.39, 0.29) is 23.6 Å². The first-order chi connectivity index (χ1) is 13.3. The van der Waals surface area contributed by atoms with Crippen molar-refractivity contribution in [2.75, 3.05) is 5.32 Å². The van der Waals surface area contributed by atoms with Crippen molar-refractivity contribution in [2.24, 2.45) is 0 Å². The molecule has 0 unspecified atom stereocenters. The van der Waals surface area contributed by atoms with Crippen LogP contribution in [0.25, 0.3) is 0 Å². The van der Waals surface area contributed by atoms with Crippen LogP contribution in [0.1, 0.15) is 5.69 Å². The average molecular weight is 470 g/mol. The Balaban J connectivity index is 1.58. The van der Waals surface area contributed by atoms with E-state index in [9.17, 15) is 14.9 Å². The monoisotopic (exact) mass is 468 g/mol. The summed E-state index contributed by atoms with van der Waals surface area (Å²) in [6.07, 6.45) is 3.06. The fraction of sp³-hybridized carbons (Fsp3) is 0.188. The highest BCUT2D eigenvalue weighted by Gasteiger charge is 2.24. The molecule has 0 fully saturated rings. The Morgan fingerprint density at radius 3 is 2.93 bits per heavy atom. The van der Waals surface area contributed by atoms with Crippen molar-refractivity contribution in [1.82, 2.24) is 19.6 Å². The number of benzene rings is 1. The molecule has 2 heterocycles. The van der Waals surface area contributed by atoms with Gasteiger partial charge in [-0.3, -0.25) is 4.79 Å². The Morgan fingerprint density at radius 2 is 2.25 bits per heavy atom. The topological polar surface area (TPSA) is 117 Å². The lowest BCUT2D eigenvalue weighted by atomic mass is 10.3. The van der Waals surface area contributed by atoms with E-state index in [0.717, 1.165) is 0 Å². The quantitative estimate of drug-likeness (QED) is 0.419. The van der Waals surface area contributed by atoms with Crippen molar-refractivity contribution in [1.29, 1.82) is 0 Å². The molecule has 1 N–H and O–H groups in total. The van der Waals surface area contributed by atoms with Gasteiger partial charge >= 0.3 is 5.82 Å². The number of rotatable bonds is 7. The molecular formula is C16H14BrClN6O4. The van der Waals surface area contributed by atoms with Crippen LogP contribution in [-0.4, -0.2) is 30.4 Å². The largest absolute Gasteiger partial charge is 0.471 e. The summed E-state index contributed by atoms with van der Waals surface area (Å²) in [7, 11) is 0. The average Bonchev–Trinajstić information content (AvgIpc) is 3.19. The first kappa shape index (κ1) is 19.8. The summed E-state index contributed by atoms with van der Waals surface area (Å²) in [5, 5.41) is 22.1. The Morgan fingerprint density at radius 1 is 1.46 bits per heavy atom. The van der Waals surface area contributed by atoms with Crippen LogP contribution in [-0.2, 0) is 18.1 Å². The van der Waals surface area contributed by atoms with Gasteiger partial charge in [0.1, 0.15) is 16.8 Å². The third kappa shape index (κ3) is 4.67. The number of nitrogens with zero attached hydrogens (tertiary/aromatic N) is 5. The number of halogens is 2. The predicted molar refractivity (Wildman–Crippen MR) is 104 cm³/mol. The Bertz CT molecular complexity index is 1030. The van der Waals surface area contributed by atoms with Gasteiger partial charge in [0.25, 0.3) is 0 Å². The minimum Gasteiger partial charge on any atom is -0.471 e. The zero-order valence-electron chi connectivity index (χ0n) is 14.5. The molecule has 1 aromatic carbocycles. The van der Waals surface area contributed by atoms with Crippen LogP contribution < -0.4 is 10.1 Å². The molecule has 0 bridgehead atoms. The summed E-state index contributed by atoms with van der Waals surface area (Å²) < 4.78 is 8.56. The number of ether oxygens (including phenoxy) is 1. The molecule has 0 aliphatic carbocycles. The van der Waals surface area contributed by atoms with E-state index in [1.165, 1.54) is 15.6 Å². The molecule has 146 valence electrons. The second kappa shape index (κ2) is 8.40. The molecule has 1 amide bonds. The van der Waals surface area contributed by atoms with Gasteiger partial charge in [-0.2, -0.15) is 9.78 Å². The molecule has 0 spiro atoms. The number of carbonyl (C=O) groups is 1. The van der Waals surface area contributed by atoms with Gasteiger partial charge in [-0.25, -0.2) is 4.68 Å². The van der Waals surface area contributed by atoms with Crippen LogP contribution in [0.2, 0.25) is 5.02 Å². The number of nitrogens with one attached hydrogen (secondary N) is 1. The number of anilines is 1. The lowest BCUT2D eigenvalue weighted by Crippen LogP contribution is -2.20. The van der Waals surface area contributed by atoms with Crippen LogP contribution in [0.4, 0.5) is 11.5 Å². The summed E-state index contributed by atoms with van der Waals surface area (Å²) in [5.41, 5.74) is 0.936. The van der Waals surface area contributed by atoms with E-state index < -0.39 is 10.8 Å². The maximum Gasteiger partial charge on any atom is 0.404 e. The first-order valence-electron chi connectivity index (χ1n) is 7.91. The highest BCUT2D eigenvalue weighted by atomic mass is 79.9. The lowest BCUT2D eigenvalue weighted by molar-refractivity contribution is -0.390. The van der Waals surface area contributed by atoms with E-state index in [1.54, 1.807) is 37.4 Å². The molecule has 0 aliphatic rings. The van der Waals surface area contributed by atoms with Crippen LogP contribution in [0.5, 0.6) is 5.75 Å². The maximum atomic E-state index is 12.2. The summed E-state index contributed by atoms with van der Waals surface area (Å²) in [6, 6.07) is 6.95. The van der Waals surface area contributed by atoms with Crippen molar-refractivity contribution >= 4 is 44.9 Å². The molecule has 3 rings (SSSR count). The van der Waals surface area contributed by atoms with E-state index in [2.05, 4.69) is 31.4 Å². The summed E-state index contributed by atoms with van der Waals surface area (Å²) in [6.45, 7) is 1.58. The molecule has 12 heteroatoms. The van der Waals surface area contributed by atoms with Gasteiger partial charge in [-0.15, -0.1) is 0 Å². The van der Waals surface area contributed by atoms with Gasteiger partial charge < -0.3 is 20.2 Å². The first-order valence-corrected chi connectivity index (χ1v) is 9.08. The third-order valence-corrected chi connectivity index (χ3v) is 4.82. The smallest absolute Gasteiger partial charge is 0.404 e. The molecule has 0 aliphatic heterocycles. The van der Waals surface area contributed by atoms with E-state index in [1.807, 2.05) is 0 Å². The molecule has 0 radical (unpaired) electrons. The molecule has 0 saturated heterocycles. The molecule has 0 saturated carbocycles. The van der Waals surface area contributed by atoms with Crippen molar-refractivity contribution in [3.8, 4) is 5.75 Å². The molecule has 2 aromatic heterocycles. The van der Waals surface area contributed by atoms with E-state index in [0.29, 0.717) is 22.2 Å². The van der Waals surface area contributed by atoms with Gasteiger partial charge in [0.15, 0.2) is 6.73 Å². The summed E-state index contributed by atoms with van der Waals surface area (Å²) >= 11 is 9.01. The zero-order chi connectivity index (χ0) is 20.3. The fourth-order valence-electron chi connectivity index (χ4n) is 2.31. The van der Waals surface area contributed by atoms with Crippen LogP contribution >= 0.6 is 27.5 Å². The molecular weight excluding hydrogens is 456 g/mol. The molecule has 28 heavy (non-hydrogen) atoms. The number of amides is 1. The third-order valence-electron chi connectivity index (χ3n) is 3.66. The molecule has 0 atom stereocenters.